The molecule has 6 heteroatoms. The van der Waals surface area contributed by atoms with Crippen molar-refractivity contribution in [2.24, 2.45) is 0 Å². The van der Waals surface area contributed by atoms with Crippen LogP contribution < -0.4 is 0 Å². The van der Waals surface area contributed by atoms with Gasteiger partial charge in [0.05, 0.1) is 17.4 Å². The number of methoxy groups -OCH3 is 1. The molecule has 0 saturated heterocycles. The van der Waals surface area contributed by atoms with Gasteiger partial charge in [0.1, 0.15) is 0 Å². The van der Waals surface area contributed by atoms with Gasteiger partial charge >= 0.3 is 5.72 Å². The summed E-state index contributed by atoms with van der Waals surface area (Å²) < 4.78 is 4.98. The molecule has 102 valence electrons. The lowest BCUT2D eigenvalue weighted by atomic mass is 9.89. The first kappa shape index (κ1) is 14.3. The minimum absolute atomic E-state index is 0.106. The Hall–Kier alpha value is -2.16. The second-order valence-electron chi connectivity index (χ2n) is 4.33. The average molecular weight is 291 g/mol. The van der Waals surface area contributed by atoms with E-state index in [0.29, 0.717) is 16.2 Å². The van der Waals surface area contributed by atoms with E-state index in [4.69, 9.17) is 16.3 Å². The van der Waals surface area contributed by atoms with Gasteiger partial charge in [-0.05, 0) is 29.3 Å². The topological polar surface area (TPSA) is 76.2 Å². The van der Waals surface area contributed by atoms with E-state index in [0.717, 1.165) is 5.56 Å². The fourth-order valence-corrected chi connectivity index (χ4v) is 2.28. The minimum Gasteiger partial charge on any atom is -0.314 e. The first-order chi connectivity index (χ1) is 9.52. The normalized spacial score (nSPS) is 21.6. The zero-order valence-corrected chi connectivity index (χ0v) is 11.4. The van der Waals surface area contributed by atoms with Crippen LogP contribution in [0.1, 0.15) is 12.0 Å². The molecule has 0 aromatic heterocycles. The predicted molar refractivity (Wildman–Crippen MR) is 74.5 cm³/mol. The van der Waals surface area contributed by atoms with Gasteiger partial charge in [-0.2, -0.15) is 5.26 Å². The number of hydrogen-bond acceptors (Lipinski definition) is 4. The first-order valence-corrected chi connectivity index (χ1v) is 6.18. The number of hydrogen-bond donors (Lipinski definition) is 0. The third-order valence-electron chi connectivity index (χ3n) is 3.20. The Balaban J connectivity index is 2.49. The van der Waals surface area contributed by atoms with Crippen LogP contribution in [0.4, 0.5) is 0 Å². The molecule has 1 aliphatic carbocycles. The van der Waals surface area contributed by atoms with Crippen LogP contribution in [-0.2, 0) is 4.74 Å². The maximum atomic E-state index is 11.1. The van der Waals surface area contributed by atoms with Gasteiger partial charge in [0.2, 0.25) is 0 Å². The van der Waals surface area contributed by atoms with Crippen molar-refractivity contribution in [3.63, 3.8) is 0 Å². The molecule has 0 amide bonds. The molecule has 0 bridgehead atoms. The van der Waals surface area contributed by atoms with Gasteiger partial charge in [0.25, 0.3) is 0 Å². The zero-order chi connectivity index (χ0) is 14.8. The number of rotatable bonds is 3. The highest BCUT2D eigenvalue weighted by Crippen LogP contribution is 2.35. The molecule has 1 aliphatic rings. The highest BCUT2D eigenvalue weighted by atomic mass is 35.5. The fourth-order valence-electron chi connectivity index (χ4n) is 2.09. The smallest absolute Gasteiger partial charge is 0.314 e. The summed E-state index contributed by atoms with van der Waals surface area (Å²) in [6, 6.07) is 9.02. The molecule has 0 aliphatic heterocycles. The van der Waals surface area contributed by atoms with Crippen molar-refractivity contribution in [2.45, 2.75) is 12.1 Å². The summed E-state index contributed by atoms with van der Waals surface area (Å²) in [6.07, 6.45) is 2.80. The molecular weight excluding hydrogens is 280 g/mol. The molecule has 0 radical (unpaired) electrons. The molecule has 0 N–H and O–H groups in total. The number of halogens is 1. The van der Waals surface area contributed by atoms with Crippen molar-refractivity contribution < 1.29 is 9.66 Å². The van der Waals surface area contributed by atoms with Crippen LogP contribution in [0.5, 0.6) is 0 Å². The van der Waals surface area contributed by atoms with Gasteiger partial charge in [-0.15, -0.1) is 0 Å². The van der Waals surface area contributed by atoms with E-state index in [-0.39, 0.29) is 6.42 Å². The minimum atomic E-state index is -1.67. The molecule has 1 atom stereocenters. The molecule has 2 rings (SSSR count). The van der Waals surface area contributed by atoms with Gasteiger partial charge in [-0.25, -0.2) is 0 Å². The van der Waals surface area contributed by atoms with Crippen molar-refractivity contribution in [3.05, 3.63) is 62.7 Å². The van der Waals surface area contributed by atoms with Gasteiger partial charge in [-0.3, -0.25) is 10.1 Å². The van der Waals surface area contributed by atoms with Crippen molar-refractivity contribution in [3.8, 4) is 6.07 Å². The quantitative estimate of drug-likeness (QED) is 0.486. The summed E-state index contributed by atoms with van der Waals surface area (Å²) in [5.74, 6) is 0. The zero-order valence-electron chi connectivity index (χ0n) is 10.7. The van der Waals surface area contributed by atoms with Crippen LogP contribution in [0.3, 0.4) is 0 Å². The largest absolute Gasteiger partial charge is 0.349 e. The van der Waals surface area contributed by atoms with E-state index in [1.807, 2.05) is 6.07 Å². The Kier molecular flexibility index (Phi) is 3.89. The molecule has 0 spiro atoms. The maximum Gasteiger partial charge on any atom is 0.349 e. The number of nitro groups is 1. The summed E-state index contributed by atoms with van der Waals surface area (Å²) >= 11 is 5.93. The highest BCUT2D eigenvalue weighted by molar-refractivity contribution is 6.30. The van der Waals surface area contributed by atoms with Crippen molar-refractivity contribution in [1.29, 1.82) is 5.26 Å². The lowest BCUT2D eigenvalue weighted by Gasteiger charge is -2.24. The molecule has 0 saturated carbocycles. The number of ether oxygens (including phenoxy) is 1. The van der Waals surface area contributed by atoms with Crippen molar-refractivity contribution >= 4 is 17.2 Å². The SMILES string of the molecule is COC1([N+](=O)[O-])C=CC(c2cccc(Cl)c2)=C(C#N)C1. The summed E-state index contributed by atoms with van der Waals surface area (Å²) in [4.78, 5) is 10.6. The Labute approximate surface area is 120 Å². The first-order valence-electron chi connectivity index (χ1n) is 5.80. The summed E-state index contributed by atoms with van der Waals surface area (Å²) in [7, 11) is 1.26. The third kappa shape index (κ3) is 2.44. The Morgan fingerprint density at radius 1 is 1.55 bits per heavy atom. The van der Waals surface area contributed by atoms with Gasteiger partial charge in [0.15, 0.2) is 0 Å². The summed E-state index contributed by atoms with van der Waals surface area (Å²) in [6.45, 7) is 0. The lowest BCUT2D eigenvalue weighted by molar-refractivity contribution is -0.610. The van der Waals surface area contributed by atoms with Crippen LogP contribution in [0, 0.1) is 21.4 Å². The summed E-state index contributed by atoms with van der Waals surface area (Å²) in [5.41, 5.74) is 0.00356. The molecule has 1 aromatic rings. The average Bonchev–Trinajstić information content (AvgIpc) is 2.46. The third-order valence-corrected chi connectivity index (χ3v) is 3.43. The molecule has 0 heterocycles. The van der Waals surface area contributed by atoms with Crippen LogP contribution >= 0.6 is 11.6 Å². The second-order valence-corrected chi connectivity index (χ2v) is 4.77. The van der Waals surface area contributed by atoms with E-state index in [1.165, 1.54) is 13.2 Å². The second kappa shape index (κ2) is 5.45. The molecule has 5 nitrogen and oxygen atoms in total. The van der Waals surface area contributed by atoms with Crippen molar-refractivity contribution in [2.75, 3.05) is 7.11 Å². The molecule has 1 aromatic carbocycles. The molecule has 1 unspecified atom stereocenters. The number of nitriles is 1. The summed E-state index contributed by atoms with van der Waals surface area (Å²) in [5, 5.41) is 20.9. The molecule has 0 fully saturated rings. The van der Waals surface area contributed by atoms with E-state index < -0.39 is 10.6 Å². The van der Waals surface area contributed by atoms with E-state index in [9.17, 15) is 15.4 Å². The lowest BCUT2D eigenvalue weighted by Crippen LogP contribution is -2.40. The van der Waals surface area contributed by atoms with Crippen LogP contribution in [0.2, 0.25) is 5.02 Å². The van der Waals surface area contributed by atoms with Crippen LogP contribution in [0.25, 0.3) is 5.57 Å². The molecular formula is C14H11ClN2O3. The predicted octanol–water partition coefficient (Wildman–Crippen LogP) is 3.20. The van der Waals surface area contributed by atoms with E-state index in [2.05, 4.69) is 0 Å². The number of benzene rings is 1. The van der Waals surface area contributed by atoms with Gasteiger partial charge in [0, 0.05) is 23.8 Å². The van der Waals surface area contributed by atoms with Gasteiger partial charge < -0.3 is 4.74 Å². The van der Waals surface area contributed by atoms with Gasteiger partial charge in [-0.1, -0.05) is 23.7 Å². The van der Waals surface area contributed by atoms with Crippen LogP contribution in [0.15, 0.2) is 42.0 Å². The maximum absolute atomic E-state index is 11.1. The van der Waals surface area contributed by atoms with Crippen molar-refractivity contribution in [1.82, 2.24) is 0 Å². The Morgan fingerprint density at radius 3 is 2.85 bits per heavy atom. The van der Waals surface area contributed by atoms with E-state index >= 15 is 0 Å². The fraction of sp³-hybridized carbons (Fsp3) is 0.214. The highest BCUT2D eigenvalue weighted by Gasteiger charge is 2.44. The Bertz CT molecular complexity index is 661. The molecule has 20 heavy (non-hydrogen) atoms. The monoisotopic (exact) mass is 290 g/mol. The number of allylic oxidation sites excluding steroid dienone is 2. The number of nitrogens with zero attached hydrogens (tertiary/aromatic N) is 2. The van der Waals surface area contributed by atoms with E-state index in [1.54, 1.807) is 30.3 Å². The Morgan fingerprint density at radius 2 is 2.30 bits per heavy atom. The van der Waals surface area contributed by atoms with Crippen LogP contribution in [-0.4, -0.2) is 17.8 Å². The standard InChI is InChI=1S/C14H11ClN2O3/c1-20-14(17(18)19)6-5-13(11(8-14)9-16)10-3-2-4-12(15)7-10/h2-7H,8H2,1H3.